The van der Waals surface area contributed by atoms with Gasteiger partial charge in [0.15, 0.2) is 0 Å². The van der Waals surface area contributed by atoms with Crippen molar-refractivity contribution in [3.8, 4) is 0 Å². The van der Waals surface area contributed by atoms with Crippen LogP contribution in [0.4, 0.5) is 5.82 Å². The van der Waals surface area contributed by atoms with E-state index in [9.17, 15) is 4.79 Å². The average molecular weight is 394 g/mol. The number of aromatic nitrogens is 2. The maximum Gasteiger partial charge on any atom is 0.256 e. The number of H-pyrrole nitrogens is 1. The first-order valence-corrected chi connectivity index (χ1v) is 8.85. The second-order valence-corrected chi connectivity index (χ2v) is 6.91. The molecule has 5 heteroatoms. The molecule has 1 atom stereocenters. The van der Waals surface area contributed by atoms with Gasteiger partial charge in [0.25, 0.3) is 5.56 Å². The Labute approximate surface area is 153 Å². The summed E-state index contributed by atoms with van der Waals surface area (Å²) >= 11 is 3.48. The van der Waals surface area contributed by atoms with E-state index in [1.54, 1.807) is 6.20 Å². The number of nitrogens with one attached hydrogen (secondary N) is 2. The normalized spacial score (nSPS) is 12.4. The summed E-state index contributed by atoms with van der Waals surface area (Å²) in [5.74, 6) is 0.715. The summed E-state index contributed by atoms with van der Waals surface area (Å²) in [6.45, 7) is 2.09. The predicted molar refractivity (Wildman–Crippen MR) is 106 cm³/mol. The van der Waals surface area contributed by atoms with E-state index < -0.39 is 0 Å². The summed E-state index contributed by atoms with van der Waals surface area (Å²) < 4.78 is 0.921. The van der Waals surface area contributed by atoms with Gasteiger partial charge in [-0.25, -0.2) is 4.98 Å². The first-order valence-electron chi connectivity index (χ1n) is 8.05. The molecule has 0 radical (unpaired) electrons. The van der Waals surface area contributed by atoms with Gasteiger partial charge in [-0.15, -0.1) is 0 Å². The number of benzene rings is 2. The van der Waals surface area contributed by atoms with Crippen molar-refractivity contribution in [3.63, 3.8) is 0 Å². The molecule has 4 aromatic rings. The van der Waals surface area contributed by atoms with Gasteiger partial charge in [0.05, 0.1) is 10.9 Å². The van der Waals surface area contributed by atoms with Gasteiger partial charge in [-0.2, -0.15) is 0 Å². The first kappa shape index (κ1) is 15.8. The van der Waals surface area contributed by atoms with Crippen molar-refractivity contribution in [1.29, 1.82) is 0 Å². The van der Waals surface area contributed by atoms with Crippen LogP contribution in [0.5, 0.6) is 0 Å². The number of hydrogen-bond donors (Lipinski definition) is 2. The number of rotatable bonds is 3. The van der Waals surface area contributed by atoms with Crippen LogP contribution in [-0.4, -0.2) is 9.97 Å². The van der Waals surface area contributed by atoms with Crippen LogP contribution in [0.25, 0.3) is 21.7 Å². The van der Waals surface area contributed by atoms with Crippen molar-refractivity contribution >= 4 is 43.4 Å². The minimum absolute atomic E-state index is 0.0732. The number of fused-ring (bicyclic) bond motifs is 3. The molecule has 2 aromatic heterocycles. The maximum absolute atomic E-state index is 12.5. The third kappa shape index (κ3) is 2.91. The van der Waals surface area contributed by atoms with E-state index in [1.165, 1.54) is 0 Å². The highest BCUT2D eigenvalue weighted by molar-refractivity contribution is 9.10. The van der Waals surface area contributed by atoms with E-state index >= 15 is 0 Å². The van der Waals surface area contributed by atoms with Crippen LogP contribution in [0.3, 0.4) is 0 Å². The lowest BCUT2D eigenvalue weighted by molar-refractivity contribution is 0.879. The smallest absolute Gasteiger partial charge is 0.256 e. The first-order chi connectivity index (χ1) is 12.1. The third-order valence-corrected chi connectivity index (χ3v) is 4.82. The number of halogens is 1. The van der Waals surface area contributed by atoms with Crippen molar-refractivity contribution in [2.24, 2.45) is 0 Å². The standard InChI is InChI=1S/C20H16BrN3O/c1-12(13-5-3-2-4-6-13)23-19-15-9-10-22-20(25)18(15)16-11-14(21)7-8-17(16)24-19/h2-12H,1H3,(H,22,25)(H,23,24)/t12-/m0/s1. The molecule has 0 aliphatic rings. The van der Waals surface area contributed by atoms with Crippen LogP contribution in [0.15, 0.2) is 70.1 Å². The number of hydrogen-bond acceptors (Lipinski definition) is 3. The summed E-state index contributed by atoms with van der Waals surface area (Å²) in [6, 6.07) is 17.9. The van der Waals surface area contributed by atoms with Crippen LogP contribution in [0.2, 0.25) is 0 Å². The summed E-state index contributed by atoms with van der Waals surface area (Å²) in [7, 11) is 0. The Bertz CT molecular complexity index is 1120. The molecule has 4 nitrogen and oxygen atoms in total. The van der Waals surface area contributed by atoms with Gasteiger partial charge in [0.1, 0.15) is 5.82 Å². The molecule has 0 saturated heterocycles. The van der Waals surface area contributed by atoms with Crippen molar-refractivity contribution in [1.82, 2.24) is 9.97 Å². The average Bonchev–Trinajstić information content (AvgIpc) is 2.63. The Kier molecular flexibility index (Phi) is 4.01. The van der Waals surface area contributed by atoms with Gasteiger partial charge in [-0.1, -0.05) is 46.3 Å². The largest absolute Gasteiger partial charge is 0.363 e. The molecule has 2 aromatic carbocycles. The topological polar surface area (TPSA) is 57.8 Å². The number of nitrogens with zero attached hydrogens (tertiary/aromatic N) is 1. The number of pyridine rings is 2. The highest BCUT2D eigenvalue weighted by Crippen LogP contribution is 2.30. The molecule has 2 N–H and O–H groups in total. The molecule has 0 fully saturated rings. The molecular weight excluding hydrogens is 378 g/mol. The molecule has 0 saturated carbocycles. The Balaban J connectivity index is 1.93. The third-order valence-electron chi connectivity index (χ3n) is 4.33. The van der Waals surface area contributed by atoms with Gasteiger partial charge < -0.3 is 10.3 Å². The lowest BCUT2D eigenvalue weighted by Crippen LogP contribution is -2.11. The van der Waals surface area contributed by atoms with Crippen LogP contribution >= 0.6 is 15.9 Å². The monoisotopic (exact) mass is 393 g/mol. The van der Waals surface area contributed by atoms with Gasteiger partial charge in [-0.3, -0.25) is 4.79 Å². The van der Waals surface area contributed by atoms with Crippen molar-refractivity contribution in [3.05, 3.63) is 81.2 Å². The number of anilines is 1. The quantitative estimate of drug-likeness (QED) is 0.480. The molecule has 0 aliphatic heterocycles. The summed E-state index contributed by atoms with van der Waals surface area (Å²) in [5, 5.41) is 5.76. The van der Waals surface area contributed by atoms with E-state index in [4.69, 9.17) is 4.98 Å². The SMILES string of the molecule is C[C@H](Nc1nc2ccc(Br)cc2c2c(=O)[nH]ccc12)c1ccccc1. The molecular formula is C20H16BrN3O. The lowest BCUT2D eigenvalue weighted by atomic mass is 10.1. The van der Waals surface area contributed by atoms with Crippen molar-refractivity contribution < 1.29 is 0 Å². The summed E-state index contributed by atoms with van der Waals surface area (Å²) in [6.07, 6.45) is 1.66. The minimum atomic E-state index is -0.113. The van der Waals surface area contributed by atoms with Crippen LogP contribution < -0.4 is 10.9 Å². The van der Waals surface area contributed by atoms with E-state index in [0.717, 1.165) is 26.3 Å². The minimum Gasteiger partial charge on any atom is -0.363 e. The Morgan fingerprint density at radius 1 is 1.08 bits per heavy atom. The van der Waals surface area contributed by atoms with Crippen molar-refractivity contribution in [2.45, 2.75) is 13.0 Å². The zero-order chi connectivity index (χ0) is 17.4. The Morgan fingerprint density at radius 3 is 2.68 bits per heavy atom. The van der Waals surface area contributed by atoms with Gasteiger partial charge in [-0.05, 0) is 36.8 Å². The predicted octanol–water partition coefficient (Wildman–Crippen LogP) is 5.01. The lowest BCUT2D eigenvalue weighted by Gasteiger charge is -2.17. The van der Waals surface area contributed by atoms with Gasteiger partial charge >= 0.3 is 0 Å². The number of aromatic amines is 1. The molecule has 0 bridgehead atoms. The van der Waals surface area contributed by atoms with Crippen LogP contribution in [0, 0.1) is 0 Å². The second kappa shape index (κ2) is 6.33. The summed E-state index contributed by atoms with van der Waals surface area (Å²) in [4.78, 5) is 20.0. The zero-order valence-corrected chi connectivity index (χ0v) is 15.2. The molecule has 0 aliphatic carbocycles. The molecule has 2 heterocycles. The molecule has 25 heavy (non-hydrogen) atoms. The molecule has 0 unspecified atom stereocenters. The Hall–Kier alpha value is -2.66. The van der Waals surface area contributed by atoms with E-state index in [1.807, 2.05) is 42.5 Å². The van der Waals surface area contributed by atoms with Crippen LogP contribution in [0.1, 0.15) is 18.5 Å². The highest BCUT2D eigenvalue weighted by Gasteiger charge is 2.14. The molecule has 4 rings (SSSR count). The fourth-order valence-electron chi connectivity index (χ4n) is 3.07. The van der Waals surface area contributed by atoms with Crippen molar-refractivity contribution in [2.75, 3.05) is 5.32 Å². The summed E-state index contributed by atoms with van der Waals surface area (Å²) in [5.41, 5.74) is 1.84. The van der Waals surface area contributed by atoms with Crippen LogP contribution in [-0.2, 0) is 0 Å². The molecule has 124 valence electrons. The Morgan fingerprint density at radius 2 is 1.88 bits per heavy atom. The highest BCUT2D eigenvalue weighted by atomic mass is 79.9. The maximum atomic E-state index is 12.5. The molecule has 0 spiro atoms. The second-order valence-electron chi connectivity index (χ2n) is 5.99. The van der Waals surface area contributed by atoms with Gasteiger partial charge in [0.2, 0.25) is 0 Å². The van der Waals surface area contributed by atoms with E-state index in [-0.39, 0.29) is 11.6 Å². The van der Waals surface area contributed by atoms with E-state index in [0.29, 0.717) is 11.2 Å². The van der Waals surface area contributed by atoms with Gasteiger partial charge in [0, 0.05) is 27.5 Å². The fraction of sp³-hybridized carbons (Fsp3) is 0.100. The molecule has 0 amide bonds. The fourth-order valence-corrected chi connectivity index (χ4v) is 3.43. The van der Waals surface area contributed by atoms with E-state index in [2.05, 4.69) is 45.3 Å². The zero-order valence-electron chi connectivity index (χ0n) is 13.6.